The van der Waals surface area contributed by atoms with Gasteiger partial charge in [0.1, 0.15) is 0 Å². The summed E-state index contributed by atoms with van der Waals surface area (Å²) < 4.78 is 0. The molecular formula is C42H52Fe3NP-10. The second-order valence-electron chi connectivity index (χ2n) is 11.2. The van der Waals surface area contributed by atoms with Crippen molar-refractivity contribution in [2.24, 2.45) is 0 Å². The molecule has 0 bridgehead atoms. The van der Waals surface area contributed by atoms with Gasteiger partial charge in [-0.3, -0.25) is 0 Å². The number of aryl methyl sites for hydroxylation is 2. The van der Waals surface area contributed by atoms with Gasteiger partial charge in [0, 0.05) is 51.2 Å². The second kappa shape index (κ2) is 26.0. The Morgan fingerprint density at radius 1 is 0.766 bits per heavy atom. The molecule has 0 saturated heterocycles. The molecule has 0 spiro atoms. The zero-order valence-corrected chi connectivity index (χ0v) is 32.8. The quantitative estimate of drug-likeness (QED) is 0.105. The van der Waals surface area contributed by atoms with Crippen LogP contribution in [0.3, 0.4) is 0 Å². The van der Waals surface area contributed by atoms with Gasteiger partial charge in [0.2, 0.25) is 0 Å². The average Bonchev–Trinajstić information content (AvgIpc) is 3.91. The van der Waals surface area contributed by atoms with Crippen molar-refractivity contribution < 1.29 is 51.2 Å². The van der Waals surface area contributed by atoms with E-state index in [0.717, 1.165) is 12.8 Å². The monoisotopic (exact) mass is 769 g/mol. The van der Waals surface area contributed by atoms with E-state index in [-0.39, 0.29) is 56.6 Å². The minimum absolute atomic E-state index is 0. The first-order valence-electron chi connectivity index (χ1n) is 16.2. The third kappa shape index (κ3) is 13.1. The van der Waals surface area contributed by atoms with Crippen LogP contribution < -0.4 is 10.6 Å². The molecule has 7 rings (SSSR count). The van der Waals surface area contributed by atoms with Crippen molar-refractivity contribution in [3.05, 3.63) is 173 Å². The van der Waals surface area contributed by atoms with Gasteiger partial charge in [-0.05, 0) is 14.1 Å². The Bertz CT molecular complexity index is 1340. The van der Waals surface area contributed by atoms with Gasteiger partial charge in [-0.2, -0.15) is 89.0 Å². The second-order valence-corrected chi connectivity index (χ2v) is 11.9. The molecule has 0 aliphatic heterocycles. The van der Waals surface area contributed by atoms with Gasteiger partial charge in [-0.15, -0.1) is 0 Å². The van der Waals surface area contributed by atoms with Crippen LogP contribution in [0.5, 0.6) is 0 Å². The van der Waals surface area contributed by atoms with Crippen LogP contribution in [0.4, 0.5) is 0 Å². The van der Waals surface area contributed by atoms with E-state index in [1.165, 1.54) is 42.1 Å². The van der Waals surface area contributed by atoms with Gasteiger partial charge < -0.3 is 43.6 Å². The fraction of sp³-hybridized carbons (Fsp3) is 0.286. The molecule has 1 fully saturated rings. The standard InChI is InChI=1S/C25H30P.3C5H5.C2H7N.3Fe/c1-3-18-10-7-12-20(18)22-13-5-6-17-25(22,23-15-9-16-24(23)26)21-14-8-11-19(21)4-2;3*1-2-4-5-3-1;1-3-2;;;/h7-12,14-16,22H,3-6,13,17,26H2,1-2H3;3*1-5H;3H,1-2H3;;;/q-7;3*-1;;;;. The van der Waals surface area contributed by atoms with Crippen molar-refractivity contribution in [1.82, 2.24) is 5.32 Å². The third-order valence-electron chi connectivity index (χ3n) is 8.37. The molecule has 0 radical (unpaired) electrons. The summed E-state index contributed by atoms with van der Waals surface area (Å²) in [6, 6.07) is 51.0. The molecule has 6 aromatic carbocycles. The van der Waals surface area contributed by atoms with Gasteiger partial charge in [0.05, 0.1) is 0 Å². The number of rotatable bonds is 5. The summed E-state index contributed by atoms with van der Waals surface area (Å²) in [4.78, 5) is 0. The van der Waals surface area contributed by atoms with Crippen molar-refractivity contribution in [2.75, 3.05) is 14.1 Å². The van der Waals surface area contributed by atoms with Gasteiger partial charge in [-0.1, -0.05) is 58.3 Å². The molecule has 0 aromatic heterocycles. The molecule has 264 valence electrons. The molecule has 0 heterocycles. The smallest absolute Gasteiger partial charge is 0 e. The van der Waals surface area contributed by atoms with Crippen LogP contribution in [0.15, 0.2) is 146 Å². The third-order valence-corrected chi connectivity index (χ3v) is 8.88. The van der Waals surface area contributed by atoms with E-state index in [1.807, 2.05) is 105 Å². The number of hydrogen-bond donors (Lipinski definition) is 1. The van der Waals surface area contributed by atoms with Crippen LogP contribution in [0.25, 0.3) is 0 Å². The molecule has 47 heavy (non-hydrogen) atoms. The molecule has 6 aromatic rings. The van der Waals surface area contributed by atoms with Crippen LogP contribution in [0, 0.1) is 0 Å². The van der Waals surface area contributed by atoms with Crippen molar-refractivity contribution in [3.63, 3.8) is 0 Å². The summed E-state index contributed by atoms with van der Waals surface area (Å²) in [5, 5.41) is 4.13. The van der Waals surface area contributed by atoms with Gasteiger partial charge >= 0.3 is 0 Å². The number of hydrogen-bond acceptors (Lipinski definition) is 1. The Balaban J connectivity index is 0.000000820. The van der Waals surface area contributed by atoms with Crippen LogP contribution >= 0.6 is 9.24 Å². The first-order valence-corrected chi connectivity index (χ1v) is 16.8. The molecule has 5 heteroatoms. The summed E-state index contributed by atoms with van der Waals surface area (Å²) in [6.07, 6.45) is 7.46. The fourth-order valence-corrected chi connectivity index (χ4v) is 6.99. The van der Waals surface area contributed by atoms with E-state index in [9.17, 15) is 0 Å². The summed E-state index contributed by atoms with van der Waals surface area (Å²) in [5.41, 5.74) is 7.92. The maximum Gasteiger partial charge on any atom is 0 e. The Morgan fingerprint density at radius 3 is 1.72 bits per heavy atom. The van der Waals surface area contributed by atoms with E-state index >= 15 is 0 Å². The molecule has 3 atom stereocenters. The first-order chi connectivity index (χ1) is 21.6. The molecule has 1 aliphatic rings. The minimum atomic E-state index is 0. The molecule has 3 unspecified atom stereocenters. The van der Waals surface area contributed by atoms with E-state index in [1.54, 1.807) is 16.7 Å². The van der Waals surface area contributed by atoms with E-state index in [4.69, 9.17) is 0 Å². The zero-order chi connectivity index (χ0) is 31.5. The zero-order valence-electron chi connectivity index (χ0n) is 28.3. The molecule has 1 nitrogen and oxygen atoms in total. The van der Waals surface area contributed by atoms with E-state index in [0.29, 0.717) is 5.92 Å². The average molecular weight is 769 g/mol. The van der Waals surface area contributed by atoms with Crippen LogP contribution in [0.1, 0.15) is 73.3 Å². The Morgan fingerprint density at radius 2 is 1.30 bits per heavy atom. The van der Waals surface area contributed by atoms with Crippen molar-refractivity contribution in [3.8, 4) is 0 Å². The summed E-state index contributed by atoms with van der Waals surface area (Å²) in [5.74, 6) is 0.579. The fourth-order valence-electron chi connectivity index (χ4n) is 6.52. The molecule has 0 amide bonds. The van der Waals surface area contributed by atoms with Crippen molar-refractivity contribution >= 4 is 14.5 Å². The van der Waals surface area contributed by atoms with Crippen LogP contribution in [-0.4, -0.2) is 14.1 Å². The SMILES string of the molecule is CCc1ccc[c-]1C1([c-]2[cH-][cH-][cH-][c-]2P)CCCCC1c1ccc[c-]1CC.CNC.[Fe].[Fe].[Fe].c1cc[cH-]c1.c1cc[cH-]c1.c1cc[cH-]c1. The van der Waals surface area contributed by atoms with Crippen molar-refractivity contribution in [2.45, 2.75) is 63.7 Å². The number of nitrogens with one attached hydrogen (secondary N) is 1. The maximum atomic E-state index is 3.01. The van der Waals surface area contributed by atoms with Gasteiger partial charge in [0.25, 0.3) is 0 Å². The molecule has 1 saturated carbocycles. The maximum absolute atomic E-state index is 3.01. The molecular weight excluding hydrogens is 717 g/mol. The normalized spacial score (nSPS) is 15.9. The molecule has 1 aliphatic carbocycles. The van der Waals surface area contributed by atoms with Gasteiger partial charge in [-0.25, -0.2) is 66.1 Å². The largest absolute Gasteiger partial charge is 0.747 e. The Kier molecular flexibility index (Phi) is 24.9. The summed E-state index contributed by atoms with van der Waals surface area (Å²) in [7, 11) is 6.76. The Labute approximate surface area is 320 Å². The first kappa shape index (κ1) is 45.0. The minimum Gasteiger partial charge on any atom is -0.747 e. The topological polar surface area (TPSA) is 12.0 Å². The Hall–Kier alpha value is -1.95. The van der Waals surface area contributed by atoms with Crippen LogP contribution in [0.2, 0.25) is 0 Å². The summed E-state index contributed by atoms with van der Waals surface area (Å²) in [6.45, 7) is 4.60. The summed E-state index contributed by atoms with van der Waals surface area (Å²) >= 11 is 0. The molecule has 1 N–H and O–H groups in total. The predicted molar refractivity (Wildman–Crippen MR) is 197 cm³/mol. The van der Waals surface area contributed by atoms with Gasteiger partial charge in [0.15, 0.2) is 0 Å². The van der Waals surface area contributed by atoms with E-state index in [2.05, 4.69) is 83.0 Å². The predicted octanol–water partition coefficient (Wildman–Crippen LogP) is 10.2. The van der Waals surface area contributed by atoms with Crippen molar-refractivity contribution in [1.29, 1.82) is 0 Å². The van der Waals surface area contributed by atoms with E-state index < -0.39 is 0 Å². The van der Waals surface area contributed by atoms with Crippen LogP contribution in [-0.2, 0) is 69.5 Å².